The Morgan fingerprint density at radius 3 is 2.87 bits per heavy atom. The van der Waals surface area contributed by atoms with Crippen molar-refractivity contribution in [1.82, 2.24) is 19.9 Å². The highest BCUT2D eigenvalue weighted by molar-refractivity contribution is 7.98. The fourth-order valence-electron chi connectivity index (χ4n) is 2.07. The van der Waals surface area contributed by atoms with Crippen molar-refractivity contribution in [3.63, 3.8) is 0 Å². The second kappa shape index (κ2) is 6.39. The van der Waals surface area contributed by atoms with E-state index in [1.54, 1.807) is 22.3 Å². The minimum absolute atomic E-state index is 0.674. The molecule has 0 atom stereocenters. The largest absolute Gasteiger partial charge is 0.355 e. The van der Waals surface area contributed by atoms with Gasteiger partial charge in [0.25, 0.3) is 0 Å². The van der Waals surface area contributed by atoms with E-state index in [4.69, 9.17) is 4.52 Å². The Morgan fingerprint density at radius 1 is 1.13 bits per heavy atom. The van der Waals surface area contributed by atoms with Crippen LogP contribution in [0.25, 0.3) is 16.3 Å². The molecule has 0 unspecified atom stereocenters. The van der Waals surface area contributed by atoms with E-state index in [0.29, 0.717) is 5.75 Å². The van der Waals surface area contributed by atoms with E-state index in [1.165, 1.54) is 11.8 Å². The number of aromatic nitrogens is 4. The normalized spacial score (nSPS) is 11.0. The fraction of sp³-hybridized carbons (Fsp3) is 0.0625. The molecule has 4 aromatic rings. The average molecular weight is 340 g/mol. The molecule has 0 spiro atoms. The Balaban J connectivity index is 1.43. The summed E-state index contributed by atoms with van der Waals surface area (Å²) >= 11 is 3.17. The summed E-state index contributed by atoms with van der Waals surface area (Å²) in [5, 5.41) is 11.3. The molecule has 0 aliphatic carbocycles. The zero-order valence-electron chi connectivity index (χ0n) is 12.0. The molecule has 0 radical (unpaired) electrons. The van der Waals surface area contributed by atoms with Gasteiger partial charge in [0, 0.05) is 11.8 Å². The quantitative estimate of drug-likeness (QED) is 0.508. The van der Waals surface area contributed by atoms with Gasteiger partial charge >= 0.3 is 0 Å². The SMILES string of the molecule is c1ccc(-n2cnc(SCc3cc(-c4cccs4)on3)n2)cc1. The topological polar surface area (TPSA) is 56.7 Å². The molecule has 3 heterocycles. The Kier molecular flexibility index (Phi) is 3.95. The van der Waals surface area contributed by atoms with Gasteiger partial charge in [0.2, 0.25) is 5.16 Å². The summed E-state index contributed by atoms with van der Waals surface area (Å²) < 4.78 is 7.14. The Labute approximate surface area is 141 Å². The lowest BCUT2D eigenvalue weighted by Gasteiger charge is -1.97. The molecule has 23 heavy (non-hydrogen) atoms. The van der Waals surface area contributed by atoms with Gasteiger partial charge in [-0.3, -0.25) is 0 Å². The van der Waals surface area contributed by atoms with E-state index in [-0.39, 0.29) is 0 Å². The van der Waals surface area contributed by atoms with Gasteiger partial charge < -0.3 is 4.52 Å². The maximum Gasteiger partial charge on any atom is 0.209 e. The first-order valence-corrected chi connectivity index (χ1v) is 8.84. The van der Waals surface area contributed by atoms with Crippen molar-refractivity contribution in [3.8, 4) is 16.3 Å². The molecule has 0 aliphatic heterocycles. The second-order valence-electron chi connectivity index (χ2n) is 4.76. The van der Waals surface area contributed by atoms with Crippen molar-refractivity contribution in [2.75, 3.05) is 0 Å². The van der Waals surface area contributed by atoms with Gasteiger partial charge in [-0.25, -0.2) is 9.67 Å². The van der Waals surface area contributed by atoms with E-state index >= 15 is 0 Å². The lowest BCUT2D eigenvalue weighted by Crippen LogP contribution is -1.93. The van der Waals surface area contributed by atoms with Crippen molar-refractivity contribution in [1.29, 1.82) is 0 Å². The van der Waals surface area contributed by atoms with E-state index in [0.717, 1.165) is 27.2 Å². The smallest absolute Gasteiger partial charge is 0.209 e. The highest BCUT2D eigenvalue weighted by Crippen LogP contribution is 2.27. The van der Waals surface area contributed by atoms with Gasteiger partial charge in [0.15, 0.2) is 5.76 Å². The minimum Gasteiger partial charge on any atom is -0.355 e. The summed E-state index contributed by atoms with van der Waals surface area (Å²) in [6.07, 6.45) is 1.72. The summed E-state index contributed by atoms with van der Waals surface area (Å²) in [6, 6.07) is 15.9. The summed E-state index contributed by atoms with van der Waals surface area (Å²) in [6.45, 7) is 0. The summed E-state index contributed by atoms with van der Waals surface area (Å²) in [5.74, 6) is 1.48. The van der Waals surface area contributed by atoms with Crippen LogP contribution in [0.3, 0.4) is 0 Å². The zero-order chi connectivity index (χ0) is 15.5. The summed E-state index contributed by atoms with van der Waals surface area (Å²) in [7, 11) is 0. The van der Waals surface area contributed by atoms with E-state index in [2.05, 4.69) is 15.2 Å². The number of para-hydroxylation sites is 1. The van der Waals surface area contributed by atoms with Crippen LogP contribution in [0.4, 0.5) is 0 Å². The maximum absolute atomic E-state index is 5.37. The Morgan fingerprint density at radius 2 is 2.04 bits per heavy atom. The van der Waals surface area contributed by atoms with Gasteiger partial charge in [0.05, 0.1) is 16.3 Å². The number of rotatable bonds is 5. The number of hydrogen-bond donors (Lipinski definition) is 0. The molecular weight excluding hydrogens is 328 g/mol. The highest BCUT2D eigenvalue weighted by atomic mass is 32.2. The number of benzene rings is 1. The van der Waals surface area contributed by atoms with Crippen molar-refractivity contribution < 1.29 is 4.52 Å². The standard InChI is InChI=1S/C16H12N4OS2/c1-2-5-13(6-3-1)20-11-17-16(18-20)23-10-12-9-14(21-19-12)15-7-4-8-22-15/h1-9,11H,10H2. The van der Waals surface area contributed by atoms with Crippen LogP contribution in [-0.2, 0) is 5.75 Å². The van der Waals surface area contributed by atoms with Crippen LogP contribution in [0.15, 0.2) is 69.9 Å². The molecule has 3 aromatic heterocycles. The van der Waals surface area contributed by atoms with Crippen molar-refractivity contribution in [3.05, 3.63) is 65.9 Å². The molecule has 0 fully saturated rings. The third-order valence-corrected chi connectivity index (χ3v) is 4.93. The van der Waals surface area contributed by atoms with Gasteiger partial charge in [-0.15, -0.1) is 16.4 Å². The highest BCUT2D eigenvalue weighted by Gasteiger charge is 2.09. The van der Waals surface area contributed by atoms with E-state index in [9.17, 15) is 0 Å². The van der Waals surface area contributed by atoms with Crippen LogP contribution < -0.4 is 0 Å². The third kappa shape index (κ3) is 3.20. The van der Waals surface area contributed by atoms with Crippen molar-refractivity contribution in [2.24, 2.45) is 0 Å². The molecule has 5 nitrogen and oxygen atoms in total. The molecule has 1 aromatic carbocycles. The summed E-state index contributed by atoms with van der Waals surface area (Å²) in [5.41, 5.74) is 1.88. The minimum atomic E-state index is 0.674. The first-order valence-electron chi connectivity index (χ1n) is 6.98. The van der Waals surface area contributed by atoms with Gasteiger partial charge in [-0.05, 0) is 23.6 Å². The Bertz CT molecular complexity index is 884. The lowest BCUT2D eigenvalue weighted by molar-refractivity contribution is 0.427. The molecule has 114 valence electrons. The van der Waals surface area contributed by atoms with Crippen LogP contribution in [0.2, 0.25) is 0 Å². The fourth-order valence-corrected chi connectivity index (χ4v) is 3.43. The Hall–Kier alpha value is -2.38. The third-order valence-electron chi connectivity index (χ3n) is 3.16. The van der Waals surface area contributed by atoms with Crippen LogP contribution in [0.1, 0.15) is 5.69 Å². The molecule has 0 aliphatic rings. The first-order chi connectivity index (χ1) is 11.4. The molecule has 4 rings (SSSR count). The van der Waals surface area contributed by atoms with Crippen LogP contribution >= 0.6 is 23.1 Å². The van der Waals surface area contributed by atoms with Crippen molar-refractivity contribution >= 4 is 23.1 Å². The number of thioether (sulfide) groups is 1. The average Bonchev–Trinajstić information content (AvgIpc) is 3.33. The molecular formula is C16H12N4OS2. The van der Waals surface area contributed by atoms with Crippen LogP contribution in [-0.4, -0.2) is 19.9 Å². The van der Waals surface area contributed by atoms with Gasteiger partial charge in [-0.1, -0.05) is 41.2 Å². The molecule has 0 saturated heterocycles. The van der Waals surface area contributed by atoms with E-state index in [1.807, 2.05) is 53.9 Å². The summed E-state index contributed by atoms with van der Waals surface area (Å²) in [4.78, 5) is 5.41. The maximum atomic E-state index is 5.37. The predicted molar refractivity (Wildman–Crippen MR) is 90.7 cm³/mol. The van der Waals surface area contributed by atoms with Gasteiger partial charge in [-0.2, -0.15) is 0 Å². The predicted octanol–water partition coefficient (Wildman–Crippen LogP) is 4.28. The second-order valence-corrected chi connectivity index (χ2v) is 6.65. The number of nitrogens with zero attached hydrogens (tertiary/aromatic N) is 4. The van der Waals surface area contributed by atoms with Crippen LogP contribution in [0.5, 0.6) is 0 Å². The van der Waals surface area contributed by atoms with Gasteiger partial charge in [0.1, 0.15) is 6.33 Å². The lowest BCUT2D eigenvalue weighted by atomic mass is 10.3. The number of hydrogen-bond acceptors (Lipinski definition) is 6. The first kappa shape index (κ1) is 14.2. The molecule has 0 N–H and O–H groups in total. The van der Waals surface area contributed by atoms with Crippen LogP contribution in [0, 0.1) is 0 Å². The monoisotopic (exact) mass is 340 g/mol. The number of thiophene rings is 1. The molecule has 7 heteroatoms. The van der Waals surface area contributed by atoms with Crippen molar-refractivity contribution in [2.45, 2.75) is 10.9 Å². The zero-order valence-corrected chi connectivity index (χ0v) is 13.6. The molecule has 0 amide bonds. The molecule has 0 saturated carbocycles. The van der Waals surface area contributed by atoms with E-state index < -0.39 is 0 Å². The molecule has 0 bridgehead atoms.